The Morgan fingerprint density at radius 1 is 1.30 bits per heavy atom. The van der Waals surface area contributed by atoms with Crippen molar-refractivity contribution in [1.29, 1.82) is 5.26 Å². The van der Waals surface area contributed by atoms with E-state index in [4.69, 9.17) is 0 Å². The zero-order valence-corrected chi connectivity index (χ0v) is 13.6. The molecular formula is C19H29N. The molecule has 0 aliphatic heterocycles. The van der Waals surface area contributed by atoms with Crippen LogP contribution in [0.3, 0.4) is 0 Å². The zero-order chi connectivity index (χ0) is 14.8. The molecule has 0 amide bonds. The van der Waals surface area contributed by atoms with E-state index >= 15 is 0 Å². The average molecular weight is 271 g/mol. The van der Waals surface area contributed by atoms with E-state index in [9.17, 15) is 5.26 Å². The van der Waals surface area contributed by atoms with E-state index in [-0.39, 0.29) is 0 Å². The van der Waals surface area contributed by atoms with Gasteiger partial charge >= 0.3 is 0 Å². The van der Waals surface area contributed by atoms with Gasteiger partial charge in [-0.15, -0.1) is 0 Å². The number of allylic oxidation sites excluding steroid dienone is 4. The van der Waals surface area contributed by atoms with Crippen LogP contribution in [-0.4, -0.2) is 0 Å². The highest BCUT2D eigenvalue weighted by Gasteiger charge is 2.33. The minimum absolute atomic E-state index is 0.484. The number of nitriles is 1. The van der Waals surface area contributed by atoms with Crippen LogP contribution in [0.15, 0.2) is 23.3 Å². The van der Waals surface area contributed by atoms with Crippen molar-refractivity contribution in [2.75, 3.05) is 0 Å². The minimum Gasteiger partial charge on any atom is -0.193 e. The monoisotopic (exact) mass is 271 g/mol. The van der Waals surface area contributed by atoms with Crippen LogP contribution < -0.4 is 0 Å². The Kier molecular flexibility index (Phi) is 4.74. The predicted octanol–water partition coefficient (Wildman–Crippen LogP) is 5.65. The standard InChI is InChI=1S/C19H29N/c1-14(2)18-16(9-10-17(18)13-20)8-7-15(3)19(4)11-5-6-12-19/h5-6,14-16H,7-12H2,1-4H3. The topological polar surface area (TPSA) is 23.8 Å². The van der Waals surface area contributed by atoms with Crippen LogP contribution in [-0.2, 0) is 0 Å². The summed E-state index contributed by atoms with van der Waals surface area (Å²) in [5.41, 5.74) is 3.04. The van der Waals surface area contributed by atoms with Crippen LogP contribution in [0.1, 0.15) is 66.2 Å². The lowest BCUT2D eigenvalue weighted by atomic mass is 9.72. The molecule has 0 bridgehead atoms. The van der Waals surface area contributed by atoms with Gasteiger partial charge in [-0.25, -0.2) is 0 Å². The SMILES string of the molecule is CC(C)C1=C(C#N)CCC1CCC(C)C1(C)CC=CC1. The second-order valence-electron chi connectivity index (χ2n) is 7.45. The van der Waals surface area contributed by atoms with Gasteiger partial charge in [0.1, 0.15) is 0 Å². The van der Waals surface area contributed by atoms with E-state index in [2.05, 4.69) is 45.9 Å². The van der Waals surface area contributed by atoms with E-state index in [1.54, 1.807) is 0 Å². The van der Waals surface area contributed by atoms with Gasteiger partial charge in [0.2, 0.25) is 0 Å². The molecule has 0 aromatic carbocycles. The van der Waals surface area contributed by atoms with Gasteiger partial charge in [-0.1, -0.05) is 45.4 Å². The number of hydrogen-bond acceptors (Lipinski definition) is 1. The van der Waals surface area contributed by atoms with Gasteiger partial charge in [0.05, 0.1) is 6.07 Å². The quantitative estimate of drug-likeness (QED) is 0.593. The van der Waals surface area contributed by atoms with E-state index in [0.29, 0.717) is 17.3 Å². The minimum atomic E-state index is 0.484. The lowest BCUT2D eigenvalue weighted by Gasteiger charge is -2.32. The molecule has 0 heterocycles. The Balaban J connectivity index is 1.95. The maximum Gasteiger partial charge on any atom is 0.0946 e. The van der Waals surface area contributed by atoms with Crippen molar-refractivity contribution in [3.8, 4) is 6.07 Å². The molecule has 2 atom stereocenters. The molecule has 0 spiro atoms. The largest absolute Gasteiger partial charge is 0.193 e. The first kappa shape index (κ1) is 15.4. The maximum absolute atomic E-state index is 9.28. The fourth-order valence-electron chi connectivity index (χ4n) is 4.10. The molecule has 2 aliphatic rings. The first-order valence-corrected chi connectivity index (χ1v) is 8.26. The number of hydrogen-bond donors (Lipinski definition) is 0. The lowest BCUT2D eigenvalue weighted by Crippen LogP contribution is -2.23. The van der Waals surface area contributed by atoms with E-state index < -0.39 is 0 Å². The van der Waals surface area contributed by atoms with Gasteiger partial charge in [0, 0.05) is 5.57 Å². The smallest absolute Gasteiger partial charge is 0.0946 e. The summed E-state index contributed by atoms with van der Waals surface area (Å²) < 4.78 is 0. The van der Waals surface area contributed by atoms with Crippen LogP contribution in [0.25, 0.3) is 0 Å². The molecule has 0 radical (unpaired) electrons. The summed E-state index contributed by atoms with van der Waals surface area (Å²) >= 11 is 0. The van der Waals surface area contributed by atoms with Crippen LogP contribution in [0.4, 0.5) is 0 Å². The Morgan fingerprint density at radius 3 is 2.50 bits per heavy atom. The fourth-order valence-corrected chi connectivity index (χ4v) is 4.10. The summed E-state index contributed by atoms with van der Waals surface area (Å²) in [5.74, 6) is 1.98. The van der Waals surface area contributed by atoms with Gasteiger partial charge in [0.25, 0.3) is 0 Å². The van der Waals surface area contributed by atoms with Gasteiger partial charge in [-0.2, -0.15) is 5.26 Å². The van der Waals surface area contributed by atoms with Crippen molar-refractivity contribution in [3.05, 3.63) is 23.3 Å². The van der Waals surface area contributed by atoms with Gasteiger partial charge < -0.3 is 0 Å². The molecule has 20 heavy (non-hydrogen) atoms. The third-order valence-corrected chi connectivity index (χ3v) is 5.76. The third-order valence-electron chi connectivity index (χ3n) is 5.76. The molecule has 0 aromatic heterocycles. The molecule has 2 unspecified atom stereocenters. The summed E-state index contributed by atoms with van der Waals surface area (Å²) in [6.07, 6.45) is 12.0. The molecule has 0 aromatic rings. The Labute approximate surface area is 124 Å². The maximum atomic E-state index is 9.28. The lowest BCUT2D eigenvalue weighted by molar-refractivity contribution is 0.197. The summed E-state index contributed by atoms with van der Waals surface area (Å²) in [5, 5.41) is 9.28. The first-order chi connectivity index (χ1) is 9.48. The molecule has 0 saturated heterocycles. The van der Waals surface area contributed by atoms with E-state index in [0.717, 1.165) is 17.9 Å². The molecular weight excluding hydrogens is 242 g/mol. The predicted molar refractivity (Wildman–Crippen MR) is 85.1 cm³/mol. The summed E-state index contributed by atoms with van der Waals surface area (Å²) in [6.45, 7) is 9.35. The summed E-state index contributed by atoms with van der Waals surface area (Å²) in [7, 11) is 0. The van der Waals surface area contributed by atoms with Crippen molar-refractivity contribution in [3.63, 3.8) is 0 Å². The van der Waals surface area contributed by atoms with Gasteiger partial charge in [-0.3, -0.25) is 0 Å². The molecule has 1 nitrogen and oxygen atoms in total. The molecule has 110 valence electrons. The summed E-state index contributed by atoms with van der Waals surface area (Å²) in [6, 6.07) is 2.45. The normalized spacial score (nSPS) is 26.3. The molecule has 1 heteroatoms. The molecule has 2 aliphatic carbocycles. The van der Waals surface area contributed by atoms with E-state index in [1.165, 1.54) is 37.7 Å². The second kappa shape index (κ2) is 6.17. The Hall–Kier alpha value is -1.03. The number of rotatable bonds is 5. The number of nitrogens with zero attached hydrogens (tertiary/aromatic N) is 1. The highest BCUT2D eigenvalue weighted by atomic mass is 14.4. The van der Waals surface area contributed by atoms with Crippen molar-refractivity contribution in [1.82, 2.24) is 0 Å². The summed E-state index contributed by atoms with van der Waals surface area (Å²) in [4.78, 5) is 0. The van der Waals surface area contributed by atoms with Gasteiger partial charge in [-0.05, 0) is 61.7 Å². The second-order valence-corrected chi connectivity index (χ2v) is 7.45. The van der Waals surface area contributed by atoms with Crippen molar-refractivity contribution in [2.24, 2.45) is 23.2 Å². The van der Waals surface area contributed by atoms with Crippen LogP contribution in [0.2, 0.25) is 0 Å². The highest BCUT2D eigenvalue weighted by Crippen LogP contribution is 2.45. The Morgan fingerprint density at radius 2 is 1.95 bits per heavy atom. The highest BCUT2D eigenvalue weighted by molar-refractivity contribution is 5.34. The molecule has 2 rings (SSSR count). The zero-order valence-electron chi connectivity index (χ0n) is 13.6. The molecule has 0 saturated carbocycles. The van der Waals surface area contributed by atoms with Crippen molar-refractivity contribution >= 4 is 0 Å². The van der Waals surface area contributed by atoms with Crippen LogP contribution in [0.5, 0.6) is 0 Å². The Bertz CT molecular complexity index is 439. The molecule has 0 fully saturated rings. The molecule has 0 N–H and O–H groups in total. The van der Waals surface area contributed by atoms with E-state index in [1.807, 2.05) is 0 Å². The van der Waals surface area contributed by atoms with Crippen LogP contribution >= 0.6 is 0 Å². The van der Waals surface area contributed by atoms with Crippen molar-refractivity contribution < 1.29 is 0 Å². The third kappa shape index (κ3) is 3.00. The van der Waals surface area contributed by atoms with Crippen molar-refractivity contribution in [2.45, 2.75) is 66.2 Å². The van der Waals surface area contributed by atoms with Crippen LogP contribution in [0, 0.1) is 34.5 Å². The average Bonchev–Trinajstić information content (AvgIpc) is 3.02. The van der Waals surface area contributed by atoms with Gasteiger partial charge in [0.15, 0.2) is 0 Å². The first-order valence-electron chi connectivity index (χ1n) is 8.26. The fraction of sp³-hybridized carbons (Fsp3) is 0.737.